The van der Waals surface area contributed by atoms with Gasteiger partial charge >= 0.3 is 0 Å². The lowest BCUT2D eigenvalue weighted by Crippen LogP contribution is -2.09. The Kier molecular flexibility index (Phi) is 5.33. The van der Waals surface area contributed by atoms with Gasteiger partial charge in [0, 0.05) is 28.9 Å². The van der Waals surface area contributed by atoms with Crippen LogP contribution >= 0.6 is 11.3 Å². The van der Waals surface area contributed by atoms with E-state index in [9.17, 15) is 4.79 Å². The molecule has 2 aromatic carbocycles. The van der Waals surface area contributed by atoms with E-state index in [0.29, 0.717) is 25.0 Å². The van der Waals surface area contributed by atoms with Gasteiger partial charge in [-0.3, -0.25) is 4.79 Å². The summed E-state index contributed by atoms with van der Waals surface area (Å²) in [6, 6.07) is 11.5. The number of aliphatic hydroxyl groups excluding tert-OH is 1. The number of anilines is 1. The van der Waals surface area contributed by atoms with Crippen LogP contribution in [0.2, 0.25) is 0 Å². The van der Waals surface area contributed by atoms with Crippen LogP contribution in [0.3, 0.4) is 0 Å². The van der Waals surface area contributed by atoms with Gasteiger partial charge in [-0.1, -0.05) is 19.1 Å². The molecule has 0 aliphatic rings. The predicted molar refractivity (Wildman–Crippen MR) is 102 cm³/mol. The summed E-state index contributed by atoms with van der Waals surface area (Å²) < 4.78 is 7.69. The minimum Gasteiger partial charge on any atom is -0.492 e. The maximum Gasteiger partial charge on any atom is 0.198 e. The summed E-state index contributed by atoms with van der Waals surface area (Å²) in [7, 11) is 0. The quantitative estimate of drug-likeness (QED) is 0.503. The smallest absolute Gasteiger partial charge is 0.198 e. The van der Waals surface area contributed by atoms with Gasteiger partial charge in [-0.25, -0.2) is 0 Å². The zero-order valence-electron chi connectivity index (χ0n) is 13.7. The number of benzene rings is 2. The van der Waals surface area contributed by atoms with E-state index in [1.54, 1.807) is 11.3 Å². The summed E-state index contributed by atoms with van der Waals surface area (Å²) in [5.41, 5.74) is 0.821. The van der Waals surface area contributed by atoms with Crippen LogP contribution in [0.15, 0.2) is 41.2 Å². The van der Waals surface area contributed by atoms with Crippen molar-refractivity contribution < 1.29 is 9.84 Å². The molecule has 24 heavy (non-hydrogen) atoms. The SMILES string of the molecule is CCCOc1ccc(NCCCO)c2c(=O)c3ccccc3sc12. The van der Waals surface area contributed by atoms with Gasteiger partial charge in [0.2, 0.25) is 0 Å². The summed E-state index contributed by atoms with van der Waals surface area (Å²) in [4.78, 5) is 13.0. The molecule has 126 valence electrons. The topological polar surface area (TPSA) is 58.6 Å². The summed E-state index contributed by atoms with van der Waals surface area (Å²) in [6.45, 7) is 3.43. The average Bonchev–Trinajstić information content (AvgIpc) is 2.61. The summed E-state index contributed by atoms with van der Waals surface area (Å²) in [5.74, 6) is 0.757. The van der Waals surface area contributed by atoms with Crippen LogP contribution in [0.4, 0.5) is 5.69 Å². The molecule has 1 aromatic heterocycles. The summed E-state index contributed by atoms with van der Waals surface area (Å²) in [6.07, 6.45) is 1.56. The normalized spacial score (nSPS) is 11.1. The highest BCUT2D eigenvalue weighted by atomic mass is 32.1. The lowest BCUT2D eigenvalue weighted by Gasteiger charge is -2.13. The highest BCUT2D eigenvalue weighted by molar-refractivity contribution is 7.25. The van der Waals surface area contributed by atoms with Gasteiger partial charge in [0.15, 0.2) is 5.43 Å². The van der Waals surface area contributed by atoms with E-state index in [2.05, 4.69) is 12.2 Å². The second kappa shape index (κ2) is 7.64. The molecule has 0 spiro atoms. The van der Waals surface area contributed by atoms with Gasteiger partial charge in [0.25, 0.3) is 0 Å². The molecule has 4 nitrogen and oxygen atoms in total. The highest BCUT2D eigenvalue weighted by Crippen LogP contribution is 2.36. The molecule has 3 aromatic rings. The van der Waals surface area contributed by atoms with Gasteiger partial charge in [-0.05, 0) is 37.1 Å². The van der Waals surface area contributed by atoms with Crippen molar-refractivity contribution in [3.63, 3.8) is 0 Å². The number of ether oxygens (including phenoxy) is 1. The first-order chi connectivity index (χ1) is 11.8. The molecule has 0 fully saturated rings. The molecule has 0 unspecified atom stereocenters. The number of aliphatic hydroxyl groups is 1. The van der Waals surface area contributed by atoms with Crippen LogP contribution in [-0.2, 0) is 0 Å². The molecule has 0 radical (unpaired) electrons. The van der Waals surface area contributed by atoms with E-state index < -0.39 is 0 Å². The third-order valence-corrected chi connectivity index (χ3v) is 4.99. The van der Waals surface area contributed by atoms with Crippen LogP contribution < -0.4 is 15.5 Å². The van der Waals surface area contributed by atoms with Crippen molar-refractivity contribution in [3.05, 3.63) is 46.6 Å². The number of rotatable bonds is 7. The van der Waals surface area contributed by atoms with Gasteiger partial charge in [-0.15, -0.1) is 11.3 Å². The minimum absolute atomic E-state index is 0.0211. The van der Waals surface area contributed by atoms with Gasteiger partial charge in [-0.2, -0.15) is 0 Å². The highest BCUT2D eigenvalue weighted by Gasteiger charge is 2.14. The number of hydrogen-bond donors (Lipinski definition) is 2. The molecule has 0 amide bonds. The van der Waals surface area contributed by atoms with Crippen LogP contribution in [0.5, 0.6) is 5.75 Å². The predicted octanol–water partition coefficient (Wildman–Crippen LogP) is 4.00. The first-order valence-electron chi connectivity index (χ1n) is 8.22. The second-order valence-corrected chi connectivity index (χ2v) is 6.65. The zero-order valence-corrected chi connectivity index (χ0v) is 14.5. The number of hydrogen-bond acceptors (Lipinski definition) is 5. The standard InChI is InChI=1S/C19H21NO3S/c1-2-12-23-15-9-8-14(20-10-5-11-21)17-18(22)13-6-3-4-7-16(13)24-19(15)17/h3-4,6-9,20-21H,2,5,10-12H2,1H3. The maximum atomic E-state index is 13.0. The van der Waals surface area contributed by atoms with Crippen LogP contribution in [0.25, 0.3) is 20.2 Å². The number of nitrogens with one attached hydrogen (secondary N) is 1. The lowest BCUT2D eigenvalue weighted by atomic mass is 10.1. The molecule has 1 heterocycles. The summed E-state index contributed by atoms with van der Waals surface area (Å²) >= 11 is 1.58. The second-order valence-electron chi connectivity index (χ2n) is 5.60. The Morgan fingerprint density at radius 2 is 2.04 bits per heavy atom. The molecule has 0 saturated carbocycles. The Bertz CT molecular complexity index is 904. The molecule has 2 N–H and O–H groups in total. The third-order valence-electron chi connectivity index (χ3n) is 3.80. The van der Waals surface area contributed by atoms with E-state index in [0.717, 1.165) is 32.6 Å². The van der Waals surface area contributed by atoms with Crippen LogP contribution in [0, 0.1) is 0 Å². The van der Waals surface area contributed by atoms with Crippen molar-refractivity contribution in [3.8, 4) is 5.75 Å². The molecule has 5 heteroatoms. The fourth-order valence-corrected chi connectivity index (χ4v) is 3.82. The Morgan fingerprint density at radius 1 is 1.21 bits per heavy atom. The molecule has 0 aliphatic carbocycles. The first kappa shape index (κ1) is 16.7. The average molecular weight is 343 g/mol. The van der Waals surface area contributed by atoms with E-state index in [-0.39, 0.29) is 12.0 Å². The Hall–Kier alpha value is -2.11. The molecular formula is C19H21NO3S. The van der Waals surface area contributed by atoms with Crippen molar-refractivity contribution >= 4 is 37.2 Å². The Morgan fingerprint density at radius 3 is 2.83 bits per heavy atom. The lowest BCUT2D eigenvalue weighted by molar-refractivity contribution is 0.292. The van der Waals surface area contributed by atoms with Crippen molar-refractivity contribution in [2.24, 2.45) is 0 Å². The Labute approximate surface area is 144 Å². The van der Waals surface area contributed by atoms with E-state index >= 15 is 0 Å². The molecule has 0 bridgehead atoms. The first-order valence-corrected chi connectivity index (χ1v) is 9.04. The third kappa shape index (κ3) is 3.23. The zero-order chi connectivity index (χ0) is 16.9. The fraction of sp³-hybridized carbons (Fsp3) is 0.316. The molecule has 0 aliphatic heterocycles. The van der Waals surface area contributed by atoms with Crippen molar-refractivity contribution in [1.29, 1.82) is 0 Å². The van der Waals surface area contributed by atoms with Crippen molar-refractivity contribution in [2.75, 3.05) is 25.1 Å². The van der Waals surface area contributed by atoms with Crippen molar-refractivity contribution in [1.82, 2.24) is 0 Å². The Balaban J connectivity index is 2.22. The van der Waals surface area contributed by atoms with Gasteiger partial charge in [0.05, 0.1) is 16.7 Å². The number of fused-ring (bicyclic) bond motifs is 2. The molecular weight excluding hydrogens is 322 g/mol. The van der Waals surface area contributed by atoms with Crippen molar-refractivity contribution in [2.45, 2.75) is 19.8 Å². The fourth-order valence-electron chi connectivity index (χ4n) is 2.65. The molecule has 0 atom stereocenters. The molecule has 0 saturated heterocycles. The van der Waals surface area contributed by atoms with Gasteiger partial charge < -0.3 is 15.2 Å². The monoisotopic (exact) mass is 343 g/mol. The maximum absolute atomic E-state index is 13.0. The van der Waals surface area contributed by atoms with E-state index in [4.69, 9.17) is 9.84 Å². The molecule has 3 rings (SSSR count). The van der Waals surface area contributed by atoms with E-state index in [1.807, 2.05) is 36.4 Å². The largest absolute Gasteiger partial charge is 0.492 e. The van der Waals surface area contributed by atoms with Crippen LogP contribution in [-0.4, -0.2) is 24.9 Å². The minimum atomic E-state index is 0.0211. The summed E-state index contributed by atoms with van der Waals surface area (Å²) in [5, 5.41) is 13.6. The van der Waals surface area contributed by atoms with Crippen LogP contribution in [0.1, 0.15) is 19.8 Å². The van der Waals surface area contributed by atoms with Gasteiger partial charge in [0.1, 0.15) is 5.75 Å². The van der Waals surface area contributed by atoms with E-state index in [1.165, 1.54) is 0 Å².